The minimum atomic E-state index is -0.0843. The van der Waals surface area contributed by atoms with E-state index >= 15 is 0 Å². The monoisotopic (exact) mass is 428 g/mol. The van der Waals surface area contributed by atoms with Crippen molar-refractivity contribution in [2.45, 2.75) is 105 Å². The molecule has 176 valence electrons. The third kappa shape index (κ3) is 2.59. The van der Waals surface area contributed by atoms with Gasteiger partial charge in [-0.1, -0.05) is 34.6 Å². The summed E-state index contributed by atoms with van der Waals surface area (Å²) in [7, 11) is 2.02. The van der Waals surface area contributed by atoms with Gasteiger partial charge in [0.2, 0.25) is 0 Å². The second kappa shape index (κ2) is 6.74. The molecule has 1 spiro atoms. The van der Waals surface area contributed by atoms with Crippen LogP contribution in [0.15, 0.2) is 0 Å². The predicted octanol–water partition coefficient (Wildman–Crippen LogP) is 6.56. The van der Waals surface area contributed by atoms with Crippen molar-refractivity contribution in [2.75, 3.05) is 7.11 Å². The molecule has 0 aliphatic heterocycles. The van der Waals surface area contributed by atoms with Crippen molar-refractivity contribution in [3.05, 3.63) is 0 Å². The molecule has 6 fully saturated rings. The molecule has 0 aromatic rings. The van der Waals surface area contributed by atoms with E-state index in [1.807, 2.05) is 7.11 Å². The van der Waals surface area contributed by atoms with Gasteiger partial charge in [0.05, 0.1) is 12.2 Å². The normalized spacial score (nSPS) is 58.8. The second-order valence-corrected chi connectivity index (χ2v) is 14.1. The summed E-state index contributed by atoms with van der Waals surface area (Å²) in [5.41, 5.74) is 1.63. The van der Waals surface area contributed by atoms with Gasteiger partial charge in [0.1, 0.15) is 0 Å². The molecule has 6 saturated carbocycles. The van der Waals surface area contributed by atoms with Crippen LogP contribution >= 0.6 is 0 Å². The molecule has 0 amide bonds. The van der Waals surface area contributed by atoms with Crippen LogP contribution in [0.2, 0.25) is 0 Å². The first-order valence-electron chi connectivity index (χ1n) is 13.9. The third-order valence-corrected chi connectivity index (χ3v) is 13.2. The van der Waals surface area contributed by atoms with Crippen molar-refractivity contribution < 1.29 is 9.84 Å². The molecule has 13 atom stereocenters. The lowest BCUT2D eigenvalue weighted by Gasteiger charge is -2.61. The van der Waals surface area contributed by atoms with Crippen LogP contribution in [-0.4, -0.2) is 24.4 Å². The van der Waals surface area contributed by atoms with E-state index in [1.54, 1.807) is 0 Å². The van der Waals surface area contributed by atoms with E-state index in [1.165, 1.54) is 57.8 Å². The Hall–Kier alpha value is -0.0800. The number of aliphatic hydroxyl groups excluding tert-OH is 1. The first-order chi connectivity index (χ1) is 14.7. The molecule has 0 heterocycles. The molecule has 0 aromatic carbocycles. The summed E-state index contributed by atoms with van der Waals surface area (Å²) in [5, 5.41) is 10.7. The highest BCUT2D eigenvalue weighted by Crippen LogP contribution is 2.82. The molecule has 6 aliphatic rings. The molecule has 0 aromatic heterocycles. The van der Waals surface area contributed by atoms with Crippen molar-refractivity contribution in [1.29, 1.82) is 0 Å². The van der Waals surface area contributed by atoms with Crippen LogP contribution in [0.3, 0.4) is 0 Å². The molecule has 6 aliphatic carbocycles. The van der Waals surface area contributed by atoms with Crippen LogP contribution in [0.5, 0.6) is 0 Å². The average Bonchev–Trinajstić information content (AvgIpc) is 3.62. The smallest absolute Gasteiger partial charge is 0.0638 e. The number of rotatable bonds is 5. The first-order valence-corrected chi connectivity index (χ1v) is 13.9. The Morgan fingerprint density at radius 3 is 2.35 bits per heavy atom. The van der Waals surface area contributed by atoms with E-state index in [0.717, 1.165) is 41.4 Å². The maximum absolute atomic E-state index is 10.7. The number of fused-ring (bicyclic) bond motifs is 4. The van der Waals surface area contributed by atoms with Crippen molar-refractivity contribution in [3.63, 3.8) is 0 Å². The summed E-state index contributed by atoms with van der Waals surface area (Å²) in [5.74, 6) is 7.15. The Morgan fingerprint density at radius 1 is 0.903 bits per heavy atom. The summed E-state index contributed by atoms with van der Waals surface area (Å²) >= 11 is 0. The van der Waals surface area contributed by atoms with Crippen molar-refractivity contribution in [2.24, 2.45) is 69.5 Å². The Bertz CT molecular complexity index is 732. The highest BCUT2D eigenvalue weighted by Gasteiger charge is 2.77. The zero-order valence-corrected chi connectivity index (χ0v) is 21.1. The fraction of sp³-hybridized carbons (Fsp3) is 1.00. The summed E-state index contributed by atoms with van der Waals surface area (Å²) in [4.78, 5) is 0. The lowest BCUT2D eigenvalue weighted by atomic mass is 9.45. The van der Waals surface area contributed by atoms with Crippen LogP contribution < -0.4 is 0 Å². The minimum Gasteiger partial charge on any atom is -0.393 e. The summed E-state index contributed by atoms with van der Waals surface area (Å²) < 4.78 is 6.30. The van der Waals surface area contributed by atoms with Gasteiger partial charge < -0.3 is 9.84 Å². The zero-order chi connectivity index (χ0) is 21.9. The fourth-order valence-electron chi connectivity index (χ4n) is 11.5. The Morgan fingerprint density at radius 2 is 1.68 bits per heavy atom. The number of methoxy groups -OCH3 is 1. The molecule has 2 heteroatoms. The maximum atomic E-state index is 10.7. The summed E-state index contributed by atoms with van der Waals surface area (Å²) in [6, 6.07) is 0. The Kier molecular flexibility index (Phi) is 4.67. The molecular formula is C29H48O2. The van der Waals surface area contributed by atoms with Crippen molar-refractivity contribution in [1.82, 2.24) is 0 Å². The number of hydrogen-bond donors (Lipinski definition) is 1. The quantitative estimate of drug-likeness (QED) is 0.537. The molecular weight excluding hydrogens is 380 g/mol. The third-order valence-electron chi connectivity index (χ3n) is 13.2. The SMILES string of the molecule is CO[C@@H]1C[C@H]2[C@@H]3CC[C@H]([C@H](C)[C@H]4C[C@@H]4C(O)C(C)C)[C@@]3(C)CC[C@@H]2[C@@]2(C)CC[C@@H]3C[C@]312. The van der Waals surface area contributed by atoms with E-state index in [-0.39, 0.29) is 6.10 Å². The lowest BCUT2D eigenvalue weighted by molar-refractivity contribution is -0.161. The van der Waals surface area contributed by atoms with Gasteiger partial charge in [-0.15, -0.1) is 0 Å². The molecule has 1 N–H and O–H groups in total. The lowest BCUT2D eigenvalue weighted by Crippen LogP contribution is -2.57. The molecule has 0 bridgehead atoms. The van der Waals surface area contributed by atoms with Crippen LogP contribution in [0, 0.1) is 69.5 Å². The average molecular weight is 429 g/mol. The number of ether oxygens (including phenoxy) is 1. The van der Waals surface area contributed by atoms with Crippen molar-refractivity contribution in [3.8, 4) is 0 Å². The number of hydrogen-bond acceptors (Lipinski definition) is 2. The molecule has 0 radical (unpaired) electrons. The van der Waals surface area contributed by atoms with Gasteiger partial charge in [-0.2, -0.15) is 0 Å². The Balaban J connectivity index is 1.24. The number of aliphatic hydroxyl groups is 1. The van der Waals surface area contributed by atoms with Gasteiger partial charge in [0.25, 0.3) is 0 Å². The minimum absolute atomic E-state index is 0.0843. The van der Waals surface area contributed by atoms with Crippen LogP contribution in [-0.2, 0) is 4.74 Å². The maximum Gasteiger partial charge on any atom is 0.0638 e. The van der Waals surface area contributed by atoms with E-state index in [4.69, 9.17) is 4.74 Å². The molecule has 2 nitrogen and oxygen atoms in total. The molecule has 6 rings (SSSR count). The predicted molar refractivity (Wildman–Crippen MR) is 125 cm³/mol. The van der Waals surface area contributed by atoms with Gasteiger partial charge in [-0.25, -0.2) is 0 Å². The summed E-state index contributed by atoms with van der Waals surface area (Å²) in [6.07, 6.45) is 13.3. The largest absolute Gasteiger partial charge is 0.393 e. The highest BCUT2D eigenvalue weighted by atomic mass is 16.5. The first kappa shape index (κ1) is 21.5. The zero-order valence-electron chi connectivity index (χ0n) is 21.1. The van der Waals surface area contributed by atoms with Gasteiger partial charge >= 0.3 is 0 Å². The van der Waals surface area contributed by atoms with Crippen LogP contribution in [0.4, 0.5) is 0 Å². The molecule has 1 unspecified atom stereocenters. The van der Waals surface area contributed by atoms with Crippen LogP contribution in [0.25, 0.3) is 0 Å². The van der Waals surface area contributed by atoms with Gasteiger partial charge in [-0.05, 0) is 122 Å². The topological polar surface area (TPSA) is 29.5 Å². The van der Waals surface area contributed by atoms with Crippen LogP contribution in [0.1, 0.15) is 92.4 Å². The van der Waals surface area contributed by atoms with E-state index in [0.29, 0.717) is 34.2 Å². The van der Waals surface area contributed by atoms with E-state index < -0.39 is 0 Å². The molecule has 0 saturated heterocycles. The van der Waals surface area contributed by atoms with E-state index in [9.17, 15) is 5.11 Å². The van der Waals surface area contributed by atoms with Gasteiger partial charge in [0.15, 0.2) is 0 Å². The second-order valence-electron chi connectivity index (χ2n) is 14.1. The van der Waals surface area contributed by atoms with Crippen molar-refractivity contribution >= 4 is 0 Å². The fourth-order valence-corrected chi connectivity index (χ4v) is 11.5. The molecule has 31 heavy (non-hydrogen) atoms. The van der Waals surface area contributed by atoms with E-state index in [2.05, 4.69) is 34.6 Å². The van der Waals surface area contributed by atoms with Gasteiger partial charge in [0, 0.05) is 12.5 Å². The summed E-state index contributed by atoms with van der Waals surface area (Å²) in [6.45, 7) is 12.3. The Labute approximate surface area is 191 Å². The standard InChI is InChI=1S/C29H48O2/c1-16(2)26(30)20-13-19(20)17(3)22-7-8-23-21-14-25(31-6)29-15-18(29)9-12-28(29,5)24(21)10-11-27(22,23)4/h16-26,30H,7-15H2,1-6H3/t17-,18-,19-,20+,21+,22-,23+,24+,25-,26?,27-,28-,29+/m1/s1. The van der Waals surface area contributed by atoms with Gasteiger partial charge in [-0.3, -0.25) is 0 Å². The highest BCUT2D eigenvalue weighted by molar-refractivity contribution is 5.26.